The van der Waals surface area contributed by atoms with E-state index in [1.807, 2.05) is 78.9 Å². The normalized spacial score (nSPS) is 10.4. The maximum absolute atomic E-state index is 13.0. The van der Waals surface area contributed by atoms with E-state index in [0.717, 1.165) is 33.5 Å². The molecule has 1 amide bonds. The van der Waals surface area contributed by atoms with Gasteiger partial charge in [0.25, 0.3) is 5.91 Å². The molecule has 1 heterocycles. The highest BCUT2D eigenvalue weighted by molar-refractivity contribution is 6.05. The van der Waals surface area contributed by atoms with E-state index in [-0.39, 0.29) is 5.91 Å². The molecule has 5 aromatic rings. The zero-order chi connectivity index (χ0) is 24.0. The van der Waals surface area contributed by atoms with Crippen molar-refractivity contribution in [1.29, 1.82) is 5.26 Å². The molecule has 4 aromatic carbocycles. The fourth-order valence-electron chi connectivity index (χ4n) is 3.79. The van der Waals surface area contributed by atoms with Gasteiger partial charge in [-0.15, -0.1) is 0 Å². The van der Waals surface area contributed by atoms with Crippen LogP contribution in [0.2, 0.25) is 0 Å². The quantitative estimate of drug-likeness (QED) is 0.261. The number of para-hydroxylation sites is 1. The smallest absolute Gasteiger partial charge is 0.255 e. The number of hydrogen-bond acceptors (Lipinski definition) is 5. The molecule has 6 nitrogen and oxygen atoms in total. The molecule has 0 spiro atoms. The molecule has 0 aliphatic heterocycles. The number of carbonyl (C=O) groups excluding carboxylic acids is 1. The zero-order valence-corrected chi connectivity index (χ0v) is 18.7. The summed E-state index contributed by atoms with van der Waals surface area (Å²) in [4.78, 5) is 17.3. The predicted molar refractivity (Wildman–Crippen MR) is 140 cm³/mol. The van der Waals surface area contributed by atoms with Crippen LogP contribution in [0.3, 0.4) is 0 Å². The number of carbonyl (C=O) groups is 1. The van der Waals surface area contributed by atoms with E-state index in [9.17, 15) is 10.1 Å². The van der Waals surface area contributed by atoms with Gasteiger partial charge in [-0.1, -0.05) is 36.4 Å². The monoisotopic (exact) mass is 455 g/mol. The maximum atomic E-state index is 13.0. The summed E-state index contributed by atoms with van der Waals surface area (Å²) in [6, 6.07) is 32.3. The van der Waals surface area contributed by atoms with E-state index in [0.29, 0.717) is 16.8 Å². The van der Waals surface area contributed by atoms with Gasteiger partial charge in [0, 0.05) is 45.3 Å². The van der Waals surface area contributed by atoms with Gasteiger partial charge >= 0.3 is 0 Å². The Kier molecular flexibility index (Phi) is 6.05. The number of nitrogens with zero attached hydrogens (tertiary/aromatic N) is 2. The Hall–Kier alpha value is -5.15. The third-order valence-electron chi connectivity index (χ3n) is 5.48. The molecule has 6 heteroatoms. The average Bonchev–Trinajstić information content (AvgIpc) is 2.89. The van der Waals surface area contributed by atoms with Crippen molar-refractivity contribution in [3.63, 3.8) is 0 Å². The number of pyridine rings is 1. The number of aromatic nitrogens is 1. The molecule has 3 N–H and O–H groups in total. The number of benzene rings is 4. The molecule has 35 heavy (non-hydrogen) atoms. The predicted octanol–water partition coefficient (Wildman–Crippen LogP) is 6.85. The van der Waals surface area contributed by atoms with Crippen molar-refractivity contribution in [1.82, 2.24) is 4.98 Å². The number of anilines is 5. The van der Waals surface area contributed by atoms with Crippen LogP contribution in [-0.2, 0) is 0 Å². The van der Waals surface area contributed by atoms with E-state index in [1.54, 1.807) is 30.6 Å². The van der Waals surface area contributed by atoms with E-state index in [2.05, 4.69) is 27.0 Å². The molecular weight excluding hydrogens is 434 g/mol. The van der Waals surface area contributed by atoms with Crippen molar-refractivity contribution in [3.8, 4) is 6.07 Å². The average molecular weight is 456 g/mol. The van der Waals surface area contributed by atoms with Crippen LogP contribution in [-0.4, -0.2) is 10.9 Å². The van der Waals surface area contributed by atoms with Crippen LogP contribution < -0.4 is 16.0 Å². The fraction of sp³-hybridized carbons (Fsp3) is 0. The van der Waals surface area contributed by atoms with Crippen LogP contribution in [0.5, 0.6) is 0 Å². The van der Waals surface area contributed by atoms with Crippen molar-refractivity contribution < 1.29 is 4.79 Å². The summed E-state index contributed by atoms with van der Waals surface area (Å²) in [7, 11) is 0. The van der Waals surface area contributed by atoms with Gasteiger partial charge in [-0.3, -0.25) is 9.78 Å². The molecule has 168 valence electrons. The van der Waals surface area contributed by atoms with Gasteiger partial charge in [-0.25, -0.2) is 0 Å². The van der Waals surface area contributed by atoms with Gasteiger partial charge in [0.05, 0.1) is 23.5 Å². The number of hydrogen-bond donors (Lipinski definition) is 3. The van der Waals surface area contributed by atoms with Crippen molar-refractivity contribution >= 4 is 45.1 Å². The summed E-state index contributed by atoms with van der Waals surface area (Å²) in [5.74, 6) is -0.215. The van der Waals surface area contributed by atoms with E-state index >= 15 is 0 Å². The lowest BCUT2D eigenvalue weighted by Crippen LogP contribution is -2.12. The summed E-state index contributed by atoms with van der Waals surface area (Å²) >= 11 is 0. The molecule has 0 radical (unpaired) electrons. The Morgan fingerprint density at radius 1 is 0.714 bits per heavy atom. The molecule has 0 saturated heterocycles. The highest BCUT2D eigenvalue weighted by Gasteiger charge is 2.09. The second-order valence-corrected chi connectivity index (χ2v) is 7.97. The lowest BCUT2D eigenvalue weighted by molar-refractivity contribution is 0.102. The number of nitrogens with one attached hydrogen (secondary N) is 3. The highest BCUT2D eigenvalue weighted by Crippen LogP contribution is 2.27. The minimum Gasteiger partial charge on any atom is -0.355 e. The summed E-state index contributed by atoms with van der Waals surface area (Å²) in [6.07, 6.45) is 3.47. The number of rotatable bonds is 6. The van der Waals surface area contributed by atoms with E-state index < -0.39 is 0 Å². The molecule has 1 aromatic heterocycles. The van der Waals surface area contributed by atoms with Crippen LogP contribution in [0.1, 0.15) is 15.9 Å². The molecule has 0 atom stereocenters. The van der Waals surface area contributed by atoms with Gasteiger partial charge in [0.1, 0.15) is 0 Å². The van der Waals surface area contributed by atoms with Crippen molar-refractivity contribution in [2.45, 2.75) is 0 Å². The second kappa shape index (κ2) is 9.77. The number of fused-ring (bicyclic) bond motifs is 1. The fourth-order valence-corrected chi connectivity index (χ4v) is 3.79. The van der Waals surface area contributed by atoms with Gasteiger partial charge in [0.15, 0.2) is 0 Å². The van der Waals surface area contributed by atoms with Crippen molar-refractivity contribution in [3.05, 3.63) is 121 Å². The Morgan fingerprint density at radius 3 is 2.29 bits per heavy atom. The van der Waals surface area contributed by atoms with Crippen molar-refractivity contribution in [2.75, 3.05) is 16.0 Å². The third-order valence-corrected chi connectivity index (χ3v) is 5.48. The molecule has 0 aliphatic carbocycles. The molecule has 0 bridgehead atoms. The Labute approximate surface area is 202 Å². The highest BCUT2D eigenvalue weighted by atomic mass is 16.1. The van der Waals surface area contributed by atoms with Gasteiger partial charge in [0.2, 0.25) is 0 Å². The van der Waals surface area contributed by atoms with Gasteiger partial charge < -0.3 is 16.0 Å². The molecule has 0 unspecified atom stereocenters. The summed E-state index contributed by atoms with van der Waals surface area (Å²) in [5, 5.41) is 20.7. The summed E-state index contributed by atoms with van der Waals surface area (Å²) < 4.78 is 0. The summed E-state index contributed by atoms with van der Waals surface area (Å²) in [5.41, 5.74) is 5.14. The lowest BCUT2D eigenvalue weighted by atomic mass is 10.1. The number of nitriles is 1. The molecular formula is C29H21N5O. The third kappa shape index (κ3) is 5.10. The standard InChI is InChI=1S/C29H21N5O/c30-17-20-12-13-22-18-31-19-28(27(22)14-20)33-24-9-4-6-21(15-24)29(35)34-26-11-5-10-25(16-26)32-23-7-2-1-3-8-23/h1-16,18-19,32-33H,(H,34,35). The van der Waals surface area contributed by atoms with Crippen LogP contribution in [0.4, 0.5) is 28.4 Å². The van der Waals surface area contributed by atoms with Crippen molar-refractivity contribution in [2.24, 2.45) is 0 Å². The van der Waals surface area contributed by atoms with E-state index in [1.165, 1.54) is 0 Å². The second-order valence-electron chi connectivity index (χ2n) is 7.97. The molecule has 0 aliphatic rings. The minimum atomic E-state index is -0.215. The lowest BCUT2D eigenvalue weighted by Gasteiger charge is -2.12. The SMILES string of the molecule is N#Cc1ccc2cncc(Nc3cccc(C(=O)Nc4cccc(Nc5ccccc5)c4)c3)c2c1. The minimum absolute atomic E-state index is 0.215. The Morgan fingerprint density at radius 2 is 1.46 bits per heavy atom. The van der Waals surface area contributed by atoms with Crippen LogP contribution in [0.25, 0.3) is 10.8 Å². The van der Waals surface area contributed by atoms with Gasteiger partial charge in [-0.05, 0) is 60.7 Å². The summed E-state index contributed by atoms with van der Waals surface area (Å²) in [6.45, 7) is 0. The first-order valence-electron chi connectivity index (χ1n) is 11.1. The zero-order valence-electron chi connectivity index (χ0n) is 18.7. The first-order chi connectivity index (χ1) is 17.2. The topological polar surface area (TPSA) is 89.8 Å². The molecule has 0 fully saturated rings. The Balaban J connectivity index is 1.33. The van der Waals surface area contributed by atoms with Crippen LogP contribution >= 0.6 is 0 Å². The number of amides is 1. The van der Waals surface area contributed by atoms with Gasteiger partial charge in [-0.2, -0.15) is 5.26 Å². The molecule has 5 rings (SSSR count). The molecule has 0 saturated carbocycles. The maximum Gasteiger partial charge on any atom is 0.255 e. The van der Waals surface area contributed by atoms with E-state index in [4.69, 9.17) is 0 Å². The largest absolute Gasteiger partial charge is 0.355 e. The first-order valence-corrected chi connectivity index (χ1v) is 11.1. The Bertz CT molecular complexity index is 1560. The first kappa shape index (κ1) is 21.7. The van der Waals surface area contributed by atoms with Crippen LogP contribution in [0, 0.1) is 11.3 Å². The van der Waals surface area contributed by atoms with Crippen LogP contribution in [0.15, 0.2) is 109 Å².